The van der Waals surface area contributed by atoms with Crippen molar-refractivity contribution in [3.8, 4) is 0 Å². The molecule has 0 radical (unpaired) electrons. The molecule has 0 aromatic rings. The zero-order chi connectivity index (χ0) is 47.1. The van der Waals surface area contributed by atoms with Gasteiger partial charge in [-0.25, -0.2) is 4.57 Å². The van der Waals surface area contributed by atoms with E-state index >= 15 is 0 Å². The minimum atomic E-state index is -4.35. The SMILES string of the molecule is CC/C=C\C/C=C\C/C=C\C/C=C\C/C=C\CCCCCCCCCCCCCCCCCC(=O)NC(COP(=O)(O)OCC[N+](C)(C)C)C(O)/C=C/CC/C=C/CCCCCCC. The van der Waals surface area contributed by atoms with Gasteiger partial charge in [0.25, 0.3) is 0 Å². The van der Waals surface area contributed by atoms with E-state index in [0.717, 1.165) is 70.6 Å². The normalized spacial score (nSPS) is 14.8. The number of likely N-dealkylation sites (N-methyl/N-ethyl adjacent to an activating group) is 1. The van der Waals surface area contributed by atoms with E-state index in [1.165, 1.54) is 116 Å². The van der Waals surface area contributed by atoms with E-state index in [9.17, 15) is 19.4 Å². The molecule has 0 heterocycles. The molecule has 0 rings (SSSR count). The molecule has 0 saturated carbocycles. The Labute approximate surface area is 395 Å². The van der Waals surface area contributed by atoms with E-state index < -0.39 is 20.0 Å². The van der Waals surface area contributed by atoms with Crippen molar-refractivity contribution in [2.75, 3.05) is 40.9 Å². The van der Waals surface area contributed by atoms with Crippen LogP contribution >= 0.6 is 7.82 Å². The van der Waals surface area contributed by atoms with Crippen LogP contribution in [0.15, 0.2) is 85.1 Å². The average molecular weight is 916 g/mol. The first kappa shape index (κ1) is 61.7. The third-order valence-electron chi connectivity index (χ3n) is 11.1. The van der Waals surface area contributed by atoms with Gasteiger partial charge in [0.15, 0.2) is 0 Å². The summed E-state index contributed by atoms with van der Waals surface area (Å²) in [4.78, 5) is 23.2. The van der Waals surface area contributed by atoms with Gasteiger partial charge in [-0.1, -0.05) is 208 Å². The lowest BCUT2D eigenvalue weighted by Gasteiger charge is -2.25. The number of unbranched alkanes of at least 4 members (excludes halogenated alkanes) is 21. The highest BCUT2D eigenvalue weighted by molar-refractivity contribution is 7.47. The van der Waals surface area contributed by atoms with Crippen LogP contribution in [-0.4, -0.2) is 73.4 Å². The predicted molar refractivity (Wildman–Crippen MR) is 276 cm³/mol. The van der Waals surface area contributed by atoms with Gasteiger partial charge in [0.1, 0.15) is 13.2 Å². The number of nitrogens with one attached hydrogen (secondary N) is 1. The van der Waals surface area contributed by atoms with Gasteiger partial charge in [-0.3, -0.25) is 13.8 Å². The van der Waals surface area contributed by atoms with Gasteiger partial charge in [0.05, 0.1) is 39.9 Å². The summed E-state index contributed by atoms with van der Waals surface area (Å²) in [5.74, 6) is -0.192. The Morgan fingerprint density at radius 1 is 0.547 bits per heavy atom. The maximum absolute atomic E-state index is 12.9. The maximum atomic E-state index is 12.9. The Morgan fingerprint density at radius 2 is 0.953 bits per heavy atom. The van der Waals surface area contributed by atoms with Crippen molar-refractivity contribution in [2.45, 2.75) is 219 Å². The first-order chi connectivity index (χ1) is 31.0. The number of hydrogen-bond donors (Lipinski definition) is 3. The topological polar surface area (TPSA) is 105 Å². The van der Waals surface area contributed by atoms with Crippen LogP contribution in [0.25, 0.3) is 0 Å². The summed E-state index contributed by atoms with van der Waals surface area (Å²) in [6.07, 6.45) is 64.0. The van der Waals surface area contributed by atoms with E-state index in [4.69, 9.17) is 9.05 Å². The lowest BCUT2D eigenvalue weighted by Crippen LogP contribution is -2.45. The highest BCUT2D eigenvalue weighted by atomic mass is 31.2. The smallest absolute Gasteiger partial charge is 0.387 e. The molecule has 0 aliphatic heterocycles. The van der Waals surface area contributed by atoms with Crippen LogP contribution in [0, 0.1) is 0 Å². The first-order valence-corrected chi connectivity index (χ1v) is 27.5. The zero-order valence-electron chi connectivity index (χ0n) is 42.0. The maximum Gasteiger partial charge on any atom is 0.472 e. The number of aliphatic hydroxyl groups is 1. The van der Waals surface area contributed by atoms with Crippen molar-refractivity contribution in [1.82, 2.24) is 5.32 Å². The number of hydrogen-bond acceptors (Lipinski definition) is 5. The number of quaternary nitrogens is 1. The Kier molecular flexibility index (Phi) is 44.2. The number of carbonyl (C=O) groups is 1. The van der Waals surface area contributed by atoms with Crippen LogP contribution in [0.5, 0.6) is 0 Å². The van der Waals surface area contributed by atoms with Crippen LogP contribution < -0.4 is 5.32 Å². The molecule has 8 nitrogen and oxygen atoms in total. The fourth-order valence-corrected chi connectivity index (χ4v) is 7.76. The van der Waals surface area contributed by atoms with Crippen LogP contribution in [0.1, 0.15) is 206 Å². The van der Waals surface area contributed by atoms with Crippen LogP contribution in [0.4, 0.5) is 0 Å². The van der Waals surface area contributed by atoms with Crippen molar-refractivity contribution in [3.05, 3.63) is 85.1 Å². The van der Waals surface area contributed by atoms with Crippen molar-refractivity contribution in [3.63, 3.8) is 0 Å². The van der Waals surface area contributed by atoms with Gasteiger partial charge in [-0.2, -0.15) is 0 Å². The van der Waals surface area contributed by atoms with E-state index in [-0.39, 0.29) is 19.1 Å². The van der Waals surface area contributed by atoms with Crippen LogP contribution in [0.3, 0.4) is 0 Å². The zero-order valence-corrected chi connectivity index (χ0v) is 42.9. The summed E-state index contributed by atoms with van der Waals surface area (Å²) < 4.78 is 23.6. The van der Waals surface area contributed by atoms with E-state index in [2.05, 4.69) is 92.1 Å². The number of phosphoric ester groups is 1. The number of phosphoric acid groups is 1. The van der Waals surface area contributed by atoms with Gasteiger partial charge in [-0.15, -0.1) is 0 Å². The molecule has 0 aromatic heterocycles. The molecular weight excluding hydrogens is 816 g/mol. The molecule has 9 heteroatoms. The minimum absolute atomic E-state index is 0.0533. The predicted octanol–water partition coefficient (Wildman–Crippen LogP) is 15.3. The molecule has 1 amide bonds. The highest BCUT2D eigenvalue weighted by Gasteiger charge is 2.27. The Bertz CT molecular complexity index is 1310. The third kappa shape index (κ3) is 47.6. The molecule has 0 bridgehead atoms. The Balaban J connectivity index is 4.10. The second-order valence-corrected chi connectivity index (χ2v) is 20.0. The molecule has 0 fully saturated rings. The third-order valence-corrected chi connectivity index (χ3v) is 12.1. The van der Waals surface area contributed by atoms with Crippen molar-refractivity contribution in [1.29, 1.82) is 0 Å². The minimum Gasteiger partial charge on any atom is -0.387 e. The fourth-order valence-electron chi connectivity index (χ4n) is 7.02. The molecule has 0 aliphatic carbocycles. The fraction of sp³-hybridized carbons (Fsp3) is 0.727. The largest absolute Gasteiger partial charge is 0.472 e. The quantitative estimate of drug-likeness (QED) is 0.0243. The second kappa shape index (κ2) is 45.8. The van der Waals surface area contributed by atoms with Crippen molar-refractivity contribution < 1.29 is 32.9 Å². The molecule has 3 N–H and O–H groups in total. The van der Waals surface area contributed by atoms with Gasteiger partial charge in [-0.05, 0) is 77.0 Å². The Hall–Kier alpha value is -2.32. The number of nitrogens with zero attached hydrogens (tertiary/aromatic N) is 1. The van der Waals surface area contributed by atoms with Gasteiger partial charge < -0.3 is 19.8 Å². The first-order valence-electron chi connectivity index (χ1n) is 26.0. The monoisotopic (exact) mass is 916 g/mol. The summed E-state index contributed by atoms with van der Waals surface area (Å²) in [6.45, 7) is 4.64. The molecule has 3 atom stereocenters. The average Bonchev–Trinajstić information content (AvgIpc) is 3.25. The molecule has 0 aliphatic rings. The Morgan fingerprint density at radius 3 is 1.44 bits per heavy atom. The summed E-state index contributed by atoms with van der Waals surface area (Å²) in [5.41, 5.74) is 0. The molecular formula is C55H100N2O6P+. The van der Waals surface area contributed by atoms with Crippen molar-refractivity contribution >= 4 is 13.7 Å². The number of rotatable bonds is 46. The van der Waals surface area contributed by atoms with E-state index in [1.54, 1.807) is 6.08 Å². The highest BCUT2D eigenvalue weighted by Crippen LogP contribution is 2.43. The standard InChI is InChI=1S/C55H99N2O6P/c1-6-8-10-12-14-16-18-19-20-21-22-23-24-25-26-27-28-29-30-31-32-33-34-35-36-37-39-41-43-45-47-49-55(59)56-53(52-63-64(60,61)62-51-50-57(3,4)5)54(58)48-46-44-42-40-38-17-15-13-11-9-7-2/h8,10,14,16,19-20,22-23,25-26,38,40,46,48,53-54,58H,6-7,9,11-13,15,17-18,21,24,27-37,39,41-45,47,49-52H2,1-5H3,(H-,56,59,60,61)/p+1/b10-8-,16-14-,20-19-,23-22-,26-25-,40-38+,48-46+. The molecule has 64 heavy (non-hydrogen) atoms. The summed E-state index contributed by atoms with van der Waals surface area (Å²) in [5, 5.41) is 13.8. The van der Waals surface area contributed by atoms with E-state index in [0.29, 0.717) is 17.4 Å². The summed E-state index contributed by atoms with van der Waals surface area (Å²) in [6, 6.07) is -0.865. The number of amides is 1. The molecule has 0 spiro atoms. The van der Waals surface area contributed by atoms with Gasteiger partial charge in [0, 0.05) is 6.42 Å². The molecule has 0 aromatic carbocycles. The van der Waals surface area contributed by atoms with E-state index in [1.807, 2.05) is 27.2 Å². The molecule has 370 valence electrons. The van der Waals surface area contributed by atoms with Gasteiger partial charge >= 0.3 is 7.82 Å². The summed E-state index contributed by atoms with van der Waals surface area (Å²) in [7, 11) is 1.55. The number of aliphatic hydroxyl groups excluding tert-OH is 1. The van der Waals surface area contributed by atoms with Crippen molar-refractivity contribution in [2.24, 2.45) is 0 Å². The number of allylic oxidation sites excluding steroid dienone is 13. The van der Waals surface area contributed by atoms with Crippen LogP contribution in [0.2, 0.25) is 0 Å². The lowest BCUT2D eigenvalue weighted by atomic mass is 10.0. The van der Waals surface area contributed by atoms with Crippen LogP contribution in [-0.2, 0) is 18.4 Å². The molecule has 0 saturated heterocycles. The number of carbonyl (C=O) groups excluding carboxylic acids is 1. The summed E-state index contributed by atoms with van der Waals surface area (Å²) >= 11 is 0. The van der Waals surface area contributed by atoms with Gasteiger partial charge in [0.2, 0.25) is 5.91 Å². The molecule has 3 unspecified atom stereocenters. The lowest BCUT2D eigenvalue weighted by molar-refractivity contribution is -0.870. The second-order valence-electron chi connectivity index (χ2n) is 18.5.